The standard InChI is InChI=1S/C17H17N3O/c1-14-18-10-11-20(14)13-17-9-8-16(21-17)12-19(2)15-6-4-3-5-7-15/h3-12H,2,13H2,1H3. The highest BCUT2D eigenvalue weighted by molar-refractivity contribution is 5.34. The molecule has 21 heavy (non-hydrogen) atoms. The lowest BCUT2D eigenvalue weighted by molar-refractivity contribution is -0.380. The van der Waals surface area contributed by atoms with E-state index in [1.54, 1.807) is 10.8 Å². The van der Waals surface area contributed by atoms with Gasteiger partial charge in [-0.1, -0.05) is 24.3 Å². The number of furan rings is 1. The van der Waals surface area contributed by atoms with Crippen molar-refractivity contribution in [2.45, 2.75) is 13.5 Å². The van der Waals surface area contributed by atoms with Crippen LogP contribution in [0.1, 0.15) is 17.3 Å². The Morgan fingerprint density at radius 2 is 2.14 bits per heavy atom. The second-order valence-corrected chi connectivity index (χ2v) is 4.84. The minimum atomic E-state index is 0.683. The van der Waals surface area contributed by atoms with Gasteiger partial charge in [0.25, 0.3) is 0 Å². The molecule has 0 atom stereocenters. The zero-order chi connectivity index (χ0) is 14.7. The third-order valence-corrected chi connectivity index (χ3v) is 3.30. The molecule has 0 fully saturated rings. The Labute approximate surface area is 124 Å². The first-order chi connectivity index (χ1) is 10.2. The second-order valence-electron chi connectivity index (χ2n) is 4.84. The normalized spacial score (nSPS) is 10.5. The Balaban J connectivity index is 1.68. The van der Waals surface area contributed by atoms with Crippen LogP contribution in [0, 0.1) is 13.5 Å². The lowest BCUT2D eigenvalue weighted by Gasteiger charge is -2.03. The summed E-state index contributed by atoms with van der Waals surface area (Å²) < 4.78 is 9.66. The predicted octanol–water partition coefficient (Wildman–Crippen LogP) is 3.39. The van der Waals surface area contributed by atoms with Crippen LogP contribution in [0.25, 0.3) is 0 Å². The second kappa shape index (κ2) is 5.71. The first-order valence-electron chi connectivity index (χ1n) is 6.78. The number of hydrogen-bond acceptors (Lipinski definition) is 1. The van der Waals surface area contributed by atoms with Crippen LogP contribution < -0.4 is 0 Å². The summed E-state index contributed by atoms with van der Waals surface area (Å²) >= 11 is 0. The fourth-order valence-corrected chi connectivity index (χ4v) is 2.14. The smallest absolute Gasteiger partial charge is 0.234 e. The molecular weight excluding hydrogens is 262 g/mol. The zero-order valence-corrected chi connectivity index (χ0v) is 11.9. The summed E-state index contributed by atoms with van der Waals surface area (Å²) in [7, 11) is 0. The summed E-state index contributed by atoms with van der Waals surface area (Å²) in [5.74, 6) is 2.64. The Kier molecular flexibility index (Phi) is 3.60. The summed E-state index contributed by atoms with van der Waals surface area (Å²) in [5.41, 5.74) is 1.01. The summed E-state index contributed by atoms with van der Waals surface area (Å²) in [4.78, 5) is 4.20. The lowest BCUT2D eigenvalue weighted by atomic mass is 10.3. The van der Waals surface area contributed by atoms with Gasteiger partial charge >= 0.3 is 0 Å². The van der Waals surface area contributed by atoms with Gasteiger partial charge in [0, 0.05) is 12.4 Å². The van der Waals surface area contributed by atoms with Gasteiger partial charge < -0.3 is 8.98 Å². The molecule has 2 aromatic heterocycles. The first-order valence-corrected chi connectivity index (χ1v) is 6.78. The Bertz CT molecular complexity index is 740. The minimum Gasteiger partial charge on any atom is -0.343 e. The van der Waals surface area contributed by atoms with Crippen LogP contribution in [0.2, 0.25) is 0 Å². The molecule has 0 amide bonds. The van der Waals surface area contributed by atoms with E-state index < -0.39 is 0 Å². The van der Waals surface area contributed by atoms with Crippen LogP contribution in [-0.2, 0) is 6.54 Å². The van der Waals surface area contributed by atoms with E-state index in [4.69, 9.17) is 4.42 Å². The van der Waals surface area contributed by atoms with Crippen molar-refractivity contribution in [3.8, 4) is 0 Å². The van der Waals surface area contributed by atoms with E-state index in [-0.39, 0.29) is 0 Å². The van der Waals surface area contributed by atoms with Gasteiger partial charge in [-0.15, -0.1) is 6.07 Å². The largest absolute Gasteiger partial charge is 0.343 e. The number of para-hydroxylation sites is 1. The van der Waals surface area contributed by atoms with Crippen molar-refractivity contribution < 1.29 is 8.99 Å². The van der Waals surface area contributed by atoms with E-state index >= 15 is 0 Å². The van der Waals surface area contributed by atoms with E-state index in [0.717, 1.165) is 23.0 Å². The molecule has 1 aromatic carbocycles. The molecule has 0 aliphatic carbocycles. The molecule has 106 valence electrons. The number of rotatable bonds is 5. The quantitative estimate of drug-likeness (QED) is 0.310. The molecule has 2 heterocycles. The SMILES string of the molecule is C=[N+]([CH-]c1cc[c-](Cn2ccnc2C)[o+]1)c1ccccc1. The fraction of sp³-hybridized carbons (Fsp3) is 0.118. The summed E-state index contributed by atoms with van der Waals surface area (Å²) in [6.07, 6.45) is 3.73. The van der Waals surface area contributed by atoms with Gasteiger partial charge in [0.2, 0.25) is 11.5 Å². The highest BCUT2D eigenvalue weighted by Crippen LogP contribution is 2.17. The molecular formula is C17H17N3O. The molecule has 0 saturated carbocycles. The highest BCUT2D eigenvalue weighted by Gasteiger charge is 2.10. The van der Waals surface area contributed by atoms with E-state index in [0.29, 0.717) is 6.54 Å². The first kappa shape index (κ1) is 13.2. The van der Waals surface area contributed by atoms with Crippen molar-refractivity contribution in [2.24, 2.45) is 0 Å². The maximum absolute atomic E-state index is 5.82. The lowest BCUT2D eigenvalue weighted by Crippen LogP contribution is -2.00. The van der Waals surface area contributed by atoms with Crippen LogP contribution in [-0.4, -0.2) is 20.8 Å². The molecule has 4 nitrogen and oxygen atoms in total. The average Bonchev–Trinajstić information content (AvgIpc) is 3.10. The summed E-state index contributed by atoms with van der Waals surface area (Å²) in [6, 6.07) is 13.9. The van der Waals surface area contributed by atoms with Crippen molar-refractivity contribution in [1.82, 2.24) is 9.55 Å². The van der Waals surface area contributed by atoms with Crippen molar-refractivity contribution in [3.63, 3.8) is 0 Å². The fourth-order valence-electron chi connectivity index (χ4n) is 2.14. The summed E-state index contributed by atoms with van der Waals surface area (Å²) in [6.45, 7) is 8.54. The van der Waals surface area contributed by atoms with Gasteiger partial charge in [0.15, 0.2) is 0 Å². The maximum atomic E-state index is 5.82. The van der Waals surface area contributed by atoms with Crippen molar-refractivity contribution in [1.29, 1.82) is 0 Å². The number of hydrogen-bond donors (Lipinski definition) is 0. The molecule has 0 N–H and O–H groups in total. The number of aryl methyl sites for hydroxylation is 1. The van der Waals surface area contributed by atoms with Crippen molar-refractivity contribution >= 4 is 12.4 Å². The average molecular weight is 279 g/mol. The van der Waals surface area contributed by atoms with Crippen LogP contribution in [0.4, 0.5) is 5.69 Å². The number of benzene rings is 1. The van der Waals surface area contributed by atoms with Gasteiger partial charge in [-0.25, -0.2) is 4.98 Å². The maximum Gasteiger partial charge on any atom is 0.234 e. The van der Waals surface area contributed by atoms with E-state index in [2.05, 4.69) is 11.7 Å². The molecule has 3 rings (SSSR count). The topological polar surface area (TPSA) is 32.1 Å². The van der Waals surface area contributed by atoms with E-state index in [1.807, 2.05) is 66.7 Å². The van der Waals surface area contributed by atoms with Crippen LogP contribution in [0.15, 0.2) is 59.3 Å². The predicted molar refractivity (Wildman–Crippen MR) is 81.7 cm³/mol. The third kappa shape index (κ3) is 3.05. The zero-order valence-electron chi connectivity index (χ0n) is 11.9. The highest BCUT2D eigenvalue weighted by atomic mass is 16.3. The number of aromatic nitrogens is 2. The minimum absolute atomic E-state index is 0.683. The van der Waals surface area contributed by atoms with Crippen LogP contribution >= 0.6 is 0 Å². The van der Waals surface area contributed by atoms with Crippen LogP contribution in [0.3, 0.4) is 0 Å². The monoisotopic (exact) mass is 279 g/mol. The van der Waals surface area contributed by atoms with Gasteiger partial charge in [-0.05, 0) is 19.1 Å². The number of nitrogens with zero attached hydrogens (tertiary/aromatic N) is 3. The molecule has 0 unspecified atom stereocenters. The molecule has 0 aliphatic heterocycles. The third-order valence-electron chi connectivity index (χ3n) is 3.30. The van der Waals surface area contributed by atoms with E-state index in [1.165, 1.54) is 0 Å². The Hall–Kier alpha value is -2.75. The molecule has 0 bridgehead atoms. The van der Waals surface area contributed by atoms with Gasteiger partial charge in [0.05, 0.1) is 13.3 Å². The van der Waals surface area contributed by atoms with Gasteiger partial charge in [-0.2, -0.15) is 0 Å². The van der Waals surface area contributed by atoms with Crippen molar-refractivity contribution in [2.75, 3.05) is 0 Å². The van der Waals surface area contributed by atoms with E-state index in [9.17, 15) is 0 Å². The molecule has 0 radical (unpaired) electrons. The molecule has 0 saturated heterocycles. The molecule has 0 spiro atoms. The summed E-state index contributed by atoms with van der Waals surface area (Å²) in [5, 5.41) is 0. The molecule has 4 heteroatoms. The Morgan fingerprint density at radius 1 is 1.33 bits per heavy atom. The molecule has 0 aliphatic rings. The molecule has 3 aromatic rings. The van der Waals surface area contributed by atoms with Crippen LogP contribution in [0.5, 0.6) is 0 Å². The van der Waals surface area contributed by atoms with Crippen molar-refractivity contribution in [3.05, 3.63) is 78.7 Å². The number of imidazole rings is 1. The van der Waals surface area contributed by atoms with Gasteiger partial charge in [-0.3, -0.25) is 4.58 Å². The Morgan fingerprint density at radius 3 is 2.86 bits per heavy atom. The van der Waals surface area contributed by atoms with Gasteiger partial charge in [0.1, 0.15) is 18.1 Å².